The molecule has 2 rings (SSSR count). The number of nitrogens with one attached hydrogen (secondary N) is 1. The quantitative estimate of drug-likeness (QED) is 0.847. The van der Waals surface area contributed by atoms with E-state index < -0.39 is 5.54 Å². The number of benzene rings is 1. The summed E-state index contributed by atoms with van der Waals surface area (Å²) in [6.07, 6.45) is 1.46. The molecular formula is C11H13ClN2O2. The monoisotopic (exact) mass is 240 g/mol. The van der Waals surface area contributed by atoms with E-state index in [1.807, 2.05) is 0 Å². The number of anilines is 1. The van der Waals surface area contributed by atoms with Gasteiger partial charge in [0.05, 0.1) is 23.4 Å². The molecular weight excluding hydrogens is 228 g/mol. The van der Waals surface area contributed by atoms with Gasteiger partial charge >= 0.3 is 0 Å². The summed E-state index contributed by atoms with van der Waals surface area (Å²) in [5.74, 6) is 0.469. The molecule has 0 saturated heterocycles. The van der Waals surface area contributed by atoms with Crippen LogP contribution in [0.1, 0.15) is 12.8 Å². The second-order valence-corrected chi connectivity index (χ2v) is 4.36. The average molecular weight is 241 g/mol. The lowest BCUT2D eigenvalue weighted by Gasteiger charge is -2.11. The van der Waals surface area contributed by atoms with Gasteiger partial charge in [0.15, 0.2) is 0 Å². The van der Waals surface area contributed by atoms with Gasteiger partial charge in [-0.25, -0.2) is 0 Å². The number of hydrogen-bond acceptors (Lipinski definition) is 3. The van der Waals surface area contributed by atoms with E-state index in [1.54, 1.807) is 25.3 Å². The largest absolute Gasteiger partial charge is 0.497 e. The fraction of sp³-hybridized carbons (Fsp3) is 0.364. The Hall–Kier alpha value is -1.26. The van der Waals surface area contributed by atoms with Crippen LogP contribution in [-0.4, -0.2) is 18.6 Å². The summed E-state index contributed by atoms with van der Waals surface area (Å²) in [7, 11) is 1.56. The topological polar surface area (TPSA) is 64.3 Å². The third-order valence-electron chi connectivity index (χ3n) is 2.67. The molecule has 0 bridgehead atoms. The van der Waals surface area contributed by atoms with Gasteiger partial charge in [-0.05, 0) is 25.0 Å². The molecule has 1 fully saturated rings. The molecule has 4 nitrogen and oxygen atoms in total. The van der Waals surface area contributed by atoms with Crippen LogP contribution >= 0.6 is 11.6 Å². The van der Waals surface area contributed by atoms with Crippen molar-refractivity contribution in [3.05, 3.63) is 23.2 Å². The van der Waals surface area contributed by atoms with Crippen molar-refractivity contribution in [2.75, 3.05) is 12.4 Å². The maximum absolute atomic E-state index is 11.7. The Balaban J connectivity index is 2.12. The molecule has 1 aliphatic rings. The van der Waals surface area contributed by atoms with Crippen LogP contribution in [0.2, 0.25) is 5.02 Å². The number of hydrogen-bond donors (Lipinski definition) is 2. The van der Waals surface area contributed by atoms with Crippen molar-refractivity contribution >= 4 is 23.2 Å². The van der Waals surface area contributed by atoms with Crippen LogP contribution in [0.5, 0.6) is 5.75 Å². The molecule has 1 amide bonds. The highest BCUT2D eigenvalue weighted by molar-refractivity contribution is 6.34. The Morgan fingerprint density at radius 1 is 1.56 bits per heavy atom. The average Bonchev–Trinajstić information content (AvgIpc) is 3.01. The van der Waals surface area contributed by atoms with Crippen LogP contribution in [0.25, 0.3) is 0 Å². The molecule has 16 heavy (non-hydrogen) atoms. The van der Waals surface area contributed by atoms with E-state index in [0.717, 1.165) is 12.8 Å². The maximum Gasteiger partial charge on any atom is 0.244 e. The molecule has 1 aliphatic carbocycles. The van der Waals surface area contributed by atoms with Crippen LogP contribution < -0.4 is 15.8 Å². The van der Waals surface area contributed by atoms with Gasteiger partial charge in [-0.1, -0.05) is 11.6 Å². The van der Waals surface area contributed by atoms with E-state index in [2.05, 4.69) is 5.32 Å². The van der Waals surface area contributed by atoms with Crippen LogP contribution in [0, 0.1) is 0 Å². The molecule has 1 saturated carbocycles. The van der Waals surface area contributed by atoms with Crippen LogP contribution in [0.4, 0.5) is 5.69 Å². The van der Waals surface area contributed by atoms with E-state index >= 15 is 0 Å². The molecule has 0 aliphatic heterocycles. The second kappa shape index (κ2) is 3.96. The molecule has 0 heterocycles. The lowest BCUT2D eigenvalue weighted by Crippen LogP contribution is -2.37. The van der Waals surface area contributed by atoms with E-state index in [4.69, 9.17) is 22.1 Å². The van der Waals surface area contributed by atoms with Crippen molar-refractivity contribution in [1.82, 2.24) is 0 Å². The van der Waals surface area contributed by atoms with Crippen LogP contribution in [0.3, 0.4) is 0 Å². The predicted octanol–water partition coefficient (Wildman–Crippen LogP) is 1.78. The summed E-state index contributed by atoms with van der Waals surface area (Å²) in [5, 5.41) is 3.15. The second-order valence-electron chi connectivity index (χ2n) is 3.96. The Morgan fingerprint density at radius 2 is 2.25 bits per heavy atom. The van der Waals surface area contributed by atoms with Gasteiger partial charge in [0.25, 0.3) is 0 Å². The highest BCUT2D eigenvalue weighted by Gasteiger charge is 2.46. The van der Waals surface area contributed by atoms with Gasteiger partial charge in [0.2, 0.25) is 5.91 Å². The molecule has 0 spiro atoms. The van der Waals surface area contributed by atoms with Crippen LogP contribution in [0.15, 0.2) is 18.2 Å². The number of rotatable bonds is 3. The fourth-order valence-corrected chi connectivity index (χ4v) is 1.55. The van der Waals surface area contributed by atoms with Crippen molar-refractivity contribution < 1.29 is 9.53 Å². The van der Waals surface area contributed by atoms with Gasteiger partial charge in [0, 0.05) is 6.07 Å². The zero-order chi connectivity index (χ0) is 11.8. The first kappa shape index (κ1) is 11.2. The Labute approximate surface area is 98.7 Å². The summed E-state index contributed by atoms with van der Waals surface area (Å²) < 4.78 is 5.01. The van der Waals surface area contributed by atoms with Gasteiger partial charge in [-0.3, -0.25) is 4.79 Å². The standard InChI is InChI=1S/C11H13ClN2O2/c1-16-7-2-3-9(8(12)6-7)14-10(15)11(13)4-5-11/h2-3,6H,4-5,13H2,1H3,(H,14,15). The van der Waals surface area contributed by atoms with E-state index in [9.17, 15) is 4.79 Å². The van der Waals surface area contributed by atoms with Gasteiger partial charge < -0.3 is 15.8 Å². The van der Waals surface area contributed by atoms with E-state index in [1.165, 1.54) is 0 Å². The first-order chi connectivity index (χ1) is 7.55. The number of amides is 1. The third kappa shape index (κ3) is 2.13. The minimum absolute atomic E-state index is 0.181. The molecule has 0 atom stereocenters. The zero-order valence-electron chi connectivity index (χ0n) is 8.92. The Morgan fingerprint density at radius 3 is 2.75 bits per heavy atom. The minimum Gasteiger partial charge on any atom is -0.497 e. The normalized spacial score (nSPS) is 16.7. The Bertz CT molecular complexity index is 430. The van der Waals surface area contributed by atoms with E-state index in [0.29, 0.717) is 16.5 Å². The SMILES string of the molecule is COc1ccc(NC(=O)C2(N)CC2)c(Cl)c1. The van der Waals surface area contributed by atoms with Crippen molar-refractivity contribution in [2.24, 2.45) is 5.73 Å². The molecule has 0 unspecified atom stereocenters. The first-order valence-electron chi connectivity index (χ1n) is 4.99. The lowest BCUT2D eigenvalue weighted by atomic mass is 10.2. The predicted molar refractivity (Wildman–Crippen MR) is 62.8 cm³/mol. The smallest absolute Gasteiger partial charge is 0.244 e. The van der Waals surface area contributed by atoms with Crippen LogP contribution in [-0.2, 0) is 4.79 Å². The Kier molecular flexibility index (Phi) is 2.78. The molecule has 0 radical (unpaired) electrons. The summed E-state index contributed by atoms with van der Waals surface area (Å²) >= 11 is 5.99. The third-order valence-corrected chi connectivity index (χ3v) is 2.98. The zero-order valence-corrected chi connectivity index (χ0v) is 9.67. The fourth-order valence-electron chi connectivity index (χ4n) is 1.33. The van der Waals surface area contributed by atoms with Gasteiger partial charge in [-0.15, -0.1) is 0 Å². The van der Waals surface area contributed by atoms with Crippen molar-refractivity contribution in [2.45, 2.75) is 18.4 Å². The highest BCUT2D eigenvalue weighted by atomic mass is 35.5. The van der Waals surface area contributed by atoms with E-state index in [-0.39, 0.29) is 5.91 Å². The summed E-state index contributed by atoms with van der Waals surface area (Å²) in [5.41, 5.74) is 5.63. The van der Waals surface area contributed by atoms with Crippen molar-refractivity contribution in [3.8, 4) is 5.75 Å². The molecule has 5 heteroatoms. The molecule has 0 aromatic heterocycles. The van der Waals surface area contributed by atoms with Gasteiger partial charge in [0.1, 0.15) is 5.75 Å². The van der Waals surface area contributed by atoms with Gasteiger partial charge in [-0.2, -0.15) is 0 Å². The molecule has 1 aromatic rings. The first-order valence-corrected chi connectivity index (χ1v) is 5.37. The number of halogens is 1. The summed E-state index contributed by atoms with van der Waals surface area (Å²) in [6.45, 7) is 0. The molecule has 1 aromatic carbocycles. The lowest BCUT2D eigenvalue weighted by molar-refractivity contribution is -0.118. The van der Waals surface area contributed by atoms with Crippen molar-refractivity contribution in [1.29, 1.82) is 0 Å². The number of nitrogens with two attached hydrogens (primary N) is 1. The summed E-state index contributed by atoms with van der Waals surface area (Å²) in [4.78, 5) is 11.7. The number of ether oxygens (including phenoxy) is 1. The van der Waals surface area contributed by atoms with Crippen molar-refractivity contribution in [3.63, 3.8) is 0 Å². The minimum atomic E-state index is -0.691. The number of methoxy groups -OCH3 is 1. The summed E-state index contributed by atoms with van der Waals surface area (Å²) in [6, 6.07) is 5.08. The number of carbonyl (C=O) groups is 1. The highest BCUT2D eigenvalue weighted by Crippen LogP contribution is 2.34. The maximum atomic E-state index is 11.7. The molecule has 3 N–H and O–H groups in total. The number of carbonyl (C=O) groups excluding carboxylic acids is 1. The molecule has 86 valence electrons.